The maximum absolute atomic E-state index is 10.3. The molecule has 0 spiro atoms. The van der Waals surface area contributed by atoms with Gasteiger partial charge in [-0.3, -0.25) is 9.97 Å². The lowest BCUT2D eigenvalue weighted by atomic mass is 9.97. The maximum atomic E-state index is 10.3. The fourth-order valence-corrected chi connectivity index (χ4v) is 5.16. The van der Waals surface area contributed by atoms with Crippen molar-refractivity contribution < 1.29 is 53.1 Å². The van der Waals surface area contributed by atoms with Crippen LogP contribution in [0.2, 0.25) is 0 Å². The number of hydrogen-bond donors (Lipinski definition) is 4. The molecule has 0 aliphatic carbocycles. The van der Waals surface area contributed by atoms with Gasteiger partial charge in [-0.2, -0.15) is 0 Å². The van der Waals surface area contributed by atoms with E-state index < -0.39 is 26.5 Å². The minimum absolute atomic E-state index is 0.118. The predicted molar refractivity (Wildman–Crippen MR) is 193 cm³/mol. The number of aromatic nitrogens is 2. The number of aliphatic hydroxyl groups is 2. The van der Waals surface area contributed by atoms with E-state index in [4.69, 9.17) is 32.8 Å². The van der Waals surface area contributed by atoms with Crippen molar-refractivity contribution in [3.8, 4) is 45.3 Å². The van der Waals surface area contributed by atoms with E-state index in [1.165, 1.54) is 0 Å². The molecule has 0 fully saturated rings. The first-order chi connectivity index (χ1) is 24.8. The van der Waals surface area contributed by atoms with Crippen LogP contribution < -0.4 is 18.9 Å². The minimum Gasteiger partial charge on any atom is -0.493 e. The molecule has 0 unspecified atom stereocenters. The number of aliphatic hydroxyl groups excluding tert-OH is 2. The Morgan fingerprint density at radius 2 is 1.06 bits per heavy atom. The number of ether oxygens (including phenoxy) is 4. The smallest absolute Gasteiger partial charge is 0.493 e. The summed E-state index contributed by atoms with van der Waals surface area (Å²) in [5, 5.41) is 39.7. The van der Waals surface area contributed by atoms with Gasteiger partial charge in [0.15, 0.2) is 23.0 Å². The molecule has 0 aliphatic heterocycles. The molecule has 13 nitrogen and oxygen atoms in total. The lowest BCUT2D eigenvalue weighted by Gasteiger charge is -2.22. The summed E-state index contributed by atoms with van der Waals surface area (Å²) in [4.78, 5) is 8.74. The molecule has 0 bridgehead atoms. The van der Waals surface area contributed by atoms with E-state index in [0.29, 0.717) is 47.3 Å². The maximum Gasteiger partial charge on any atom is 0.627 e. The number of methoxy groups -OCH3 is 2. The van der Waals surface area contributed by atoms with Crippen molar-refractivity contribution in [2.75, 3.05) is 53.9 Å². The largest absolute Gasteiger partial charge is 0.627 e. The van der Waals surface area contributed by atoms with E-state index in [1.807, 2.05) is 62.4 Å². The summed E-state index contributed by atoms with van der Waals surface area (Å²) in [7, 11) is -0.579. The van der Waals surface area contributed by atoms with Crippen molar-refractivity contribution in [1.29, 1.82) is 0 Å². The summed E-state index contributed by atoms with van der Waals surface area (Å²) in [5.41, 5.74) is 4.59. The normalized spacial score (nSPS) is 12.2. The Morgan fingerprint density at radius 3 is 1.43 bits per heavy atom. The van der Waals surface area contributed by atoms with Gasteiger partial charge in [-0.1, -0.05) is 26.0 Å². The molecule has 4 aromatic rings. The first kappa shape index (κ1) is 39.6. The van der Waals surface area contributed by atoms with Crippen LogP contribution in [-0.4, -0.2) is 98.7 Å². The highest BCUT2D eigenvalue weighted by molar-refractivity contribution is 6.50. The van der Waals surface area contributed by atoms with E-state index in [1.54, 1.807) is 39.0 Å². The average Bonchev–Trinajstić information content (AvgIpc) is 3.16. The average molecular weight is 704 g/mol. The summed E-state index contributed by atoms with van der Waals surface area (Å²) in [6, 6.07) is 14.9. The van der Waals surface area contributed by atoms with Crippen LogP contribution >= 0.6 is 0 Å². The zero-order valence-electron chi connectivity index (χ0n) is 29.4. The first-order valence-electron chi connectivity index (χ1n) is 16.8. The van der Waals surface area contributed by atoms with Crippen molar-refractivity contribution in [2.24, 2.45) is 0 Å². The lowest BCUT2D eigenvalue weighted by molar-refractivity contribution is 0.0904. The van der Waals surface area contributed by atoms with Crippen molar-refractivity contribution in [2.45, 2.75) is 38.5 Å². The van der Waals surface area contributed by atoms with Crippen LogP contribution in [0.3, 0.4) is 0 Å². The van der Waals surface area contributed by atoms with Gasteiger partial charge in [0.2, 0.25) is 0 Å². The zero-order valence-corrected chi connectivity index (χ0v) is 29.4. The summed E-state index contributed by atoms with van der Waals surface area (Å²) in [6.45, 7) is 4.28. The van der Waals surface area contributed by atoms with E-state index >= 15 is 0 Å². The van der Waals surface area contributed by atoms with Crippen molar-refractivity contribution in [3.05, 3.63) is 84.4 Å². The van der Waals surface area contributed by atoms with Crippen LogP contribution in [0.1, 0.15) is 49.7 Å². The lowest BCUT2D eigenvalue weighted by Crippen LogP contribution is -2.37. The second kappa shape index (κ2) is 20.6. The molecular weight excluding hydrogens is 658 g/mol. The molecule has 0 aliphatic rings. The van der Waals surface area contributed by atoms with Crippen LogP contribution in [0, 0.1) is 0 Å². The van der Waals surface area contributed by atoms with Crippen LogP contribution in [0.25, 0.3) is 22.3 Å². The highest BCUT2D eigenvalue weighted by Gasteiger charge is 2.30. The van der Waals surface area contributed by atoms with Gasteiger partial charge in [0.05, 0.1) is 40.6 Å². The van der Waals surface area contributed by atoms with Gasteiger partial charge in [-0.15, -0.1) is 0 Å². The van der Waals surface area contributed by atoms with Crippen LogP contribution in [-0.2, 0) is 13.9 Å². The number of pyridine rings is 2. The molecule has 0 saturated carbocycles. The number of hydrogen-bond acceptors (Lipinski definition) is 13. The summed E-state index contributed by atoms with van der Waals surface area (Å²) < 4.78 is 39.2. The van der Waals surface area contributed by atoms with Gasteiger partial charge >= 0.3 is 14.6 Å². The second-order valence-electron chi connectivity index (χ2n) is 11.6. The second-order valence-corrected chi connectivity index (χ2v) is 11.6. The Hall–Kier alpha value is -4.21. The van der Waals surface area contributed by atoms with Gasteiger partial charge in [-0.05, 0) is 71.5 Å². The van der Waals surface area contributed by atoms with Crippen LogP contribution in [0.4, 0.5) is 0 Å². The topological polar surface area (TPSA) is 171 Å². The Labute approximate surface area is 299 Å². The molecule has 2 heterocycles. The monoisotopic (exact) mass is 704 g/mol. The molecular formula is C36H46B2N2O11. The zero-order chi connectivity index (χ0) is 36.6. The van der Waals surface area contributed by atoms with E-state index in [9.17, 15) is 20.3 Å². The van der Waals surface area contributed by atoms with Crippen molar-refractivity contribution >= 4 is 14.6 Å². The Morgan fingerprint density at radius 1 is 0.608 bits per heavy atom. The fourth-order valence-electron chi connectivity index (χ4n) is 5.16. The number of benzene rings is 2. The van der Waals surface area contributed by atoms with Gasteiger partial charge in [0.25, 0.3) is 0 Å². The third kappa shape index (κ3) is 11.4. The molecule has 2 atom stereocenters. The quantitative estimate of drug-likeness (QED) is 0.0857. The van der Waals surface area contributed by atoms with Gasteiger partial charge in [0.1, 0.15) is 0 Å². The minimum atomic E-state index is -2.21. The van der Waals surface area contributed by atoms with Crippen molar-refractivity contribution in [1.82, 2.24) is 9.97 Å². The van der Waals surface area contributed by atoms with Crippen molar-refractivity contribution in [3.63, 3.8) is 0 Å². The molecule has 2 aromatic heterocycles. The molecule has 51 heavy (non-hydrogen) atoms. The molecule has 272 valence electrons. The highest BCUT2D eigenvalue weighted by atomic mass is 16.8. The number of rotatable bonds is 22. The summed E-state index contributed by atoms with van der Waals surface area (Å²) in [5.74, 6) is 1.32. The SMILES string of the molecule is CCCOc1cc(-c2cncc([C@H](CO)COB(OC[C@@H](CO)c3cncc(-c4ccc(OC)c(OCCC)c4)c3)OB(O)O)c2)ccc1OC. The first-order valence-corrected chi connectivity index (χ1v) is 16.8. The molecule has 15 heteroatoms. The summed E-state index contributed by atoms with van der Waals surface area (Å²) in [6.07, 6.45) is 8.33. The Bertz CT molecular complexity index is 1530. The Balaban J connectivity index is 1.45. The molecule has 4 N–H and O–H groups in total. The Kier molecular flexibility index (Phi) is 16.0. The molecule has 2 aromatic carbocycles. The standard InChI is InChI=1S/C36H46B2N2O11/c1-5-11-47-35-15-25(7-9-33(35)45-3)27-13-29(19-39-17-27)31(21-41)23-49-38(51-37(43)44)50-24-32(22-42)30-14-28(18-40-20-30)26-8-10-34(46-4)36(16-26)48-12-6-2/h7-10,13-20,31-32,41-44H,5-6,11-12,21-24H2,1-4H3/t31-,32-/m1/s1. The molecule has 0 radical (unpaired) electrons. The van der Waals surface area contributed by atoms with E-state index in [2.05, 4.69) is 9.97 Å². The molecule has 4 rings (SSSR count). The van der Waals surface area contributed by atoms with E-state index in [0.717, 1.165) is 35.1 Å². The highest BCUT2D eigenvalue weighted by Crippen LogP contribution is 2.35. The predicted octanol–water partition coefficient (Wildman–Crippen LogP) is 4.26. The van der Waals surface area contributed by atoms with Gasteiger partial charge < -0.3 is 53.1 Å². The number of nitrogens with zero attached hydrogens (tertiary/aromatic N) is 2. The van der Waals surface area contributed by atoms with Gasteiger partial charge in [0, 0.05) is 61.0 Å². The fraction of sp³-hybridized carbons (Fsp3) is 0.389. The third-order valence-electron chi connectivity index (χ3n) is 7.92. The summed E-state index contributed by atoms with van der Waals surface area (Å²) >= 11 is 0. The van der Waals surface area contributed by atoms with Crippen LogP contribution in [0.15, 0.2) is 73.3 Å². The van der Waals surface area contributed by atoms with Gasteiger partial charge in [-0.25, -0.2) is 0 Å². The van der Waals surface area contributed by atoms with Crippen LogP contribution in [0.5, 0.6) is 23.0 Å². The van der Waals surface area contributed by atoms with E-state index in [-0.39, 0.29) is 26.4 Å². The molecule has 0 amide bonds. The molecule has 0 saturated heterocycles. The third-order valence-corrected chi connectivity index (χ3v) is 7.92.